The fourth-order valence-electron chi connectivity index (χ4n) is 2.12. The second-order valence-corrected chi connectivity index (χ2v) is 5.35. The lowest BCUT2D eigenvalue weighted by molar-refractivity contribution is 0.415. The lowest BCUT2D eigenvalue weighted by Gasteiger charge is -2.09. The summed E-state index contributed by atoms with van der Waals surface area (Å²) in [7, 11) is 1.60. The summed E-state index contributed by atoms with van der Waals surface area (Å²) < 4.78 is 11.8. The molecule has 0 saturated carbocycles. The molecule has 0 saturated heterocycles. The molecule has 0 amide bonds. The van der Waals surface area contributed by atoms with E-state index in [0.717, 1.165) is 5.56 Å². The minimum Gasteiger partial charge on any atom is -0.496 e. The number of hydrogen-bond acceptors (Lipinski definition) is 3. The van der Waals surface area contributed by atoms with Crippen LogP contribution in [0.2, 0.25) is 0 Å². The molecular weight excluding hydrogens is 367 g/mol. The molecule has 0 spiro atoms. The Kier molecular flexibility index (Phi) is 3.48. The van der Waals surface area contributed by atoms with Crippen LogP contribution in [0.25, 0.3) is 22.3 Å². The van der Waals surface area contributed by atoms with E-state index in [1.807, 2.05) is 59.0 Å². The summed E-state index contributed by atoms with van der Waals surface area (Å²) in [6.45, 7) is 0. The molecule has 0 N–H and O–H groups in total. The first-order valence-electron chi connectivity index (χ1n) is 6.07. The molecule has 0 unspecified atom stereocenters. The van der Waals surface area contributed by atoms with Crippen molar-refractivity contribution in [3.8, 4) is 17.1 Å². The number of methoxy groups -OCH3 is 1. The van der Waals surface area contributed by atoms with Gasteiger partial charge in [0.25, 0.3) is 0 Å². The Labute approximate surface area is 129 Å². The van der Waals surface area contributed by atoms with Crippen molar-refractivity contribution in [2.24, 2.45) is 0 Å². The Bertz CT molecular complexity index is 836. The van der Waals surface area contributed by atoms with Gasteiger partial charge < -0.3 is 9.15 Å². The number of para-hydroxylation sites is 2. The molecule has 2 aromatic carbocycles. The van der Waals surface area contributed by atoms with Crippen LogP contribution in [0, 0.1) is 3.57 Å². The molecule has 0 radical (unpaired) electrons. The van der Waals surface area contributed by atoms with Crippen molar-refractivity contribution in [3.05, 3.63) is 62.3 Å². The normalized spacial score (nSPS) is 10.7. The van der Waals surface area contributed by atoms with Crippen molar-refractivity contribution < 1.29 is 9.15 Å². The molecule has 0 aliphatic heterocycles. The van der Waals surface area contributed by atoms with E-state index in [1.165, 1.54) is 0 Å². The molecule has 0 atom stereocenters. The second kappa shape index (κ2) is 5.28. The maximum atomic E-state index is 12.4. The van der Waals surface area contributed by atoms with Gasteiger partial charge in [0, 0.05) is 0 Å². The molecule has 1 heterocycles. The van der Waals surface area contributed by atoms with E-state index in [2.05, 4.69) is 0 Å². The van der Waals surface area contributed by atoms with E-state index in [0.29, 0.717) is 26.0 Å². The van der Waals surface area contributed by atoms with Crippen LogP contribution in [0.1, 0.15) is 0 Å². The van der Waals surface area contributed by atoms with E-state index >= 15 is 0 Å². The molecule has 4 heteroatoms. The van der Waals surface area contributed by atoms with Crippen molar-refractivity contribution >= 4 is 33.6 Å². The lowest BCUT2D eigenvalue weighted by atomic mass is 10.1. The molecule has 1 aromatic heterocycles. The van der Waals surface area contributed by atoms with Gasteiger partial charge in [-0.25, -0.2) is 0 Å². The summed E-state index contributed by atoms with van der Waals surface area (Å²) >= 11 is 2.03. The highest BCUT2D eigenvalue weighted by Crippen LogP contribution is 2.33. The SMILES string of the molecule is COc1ccccc1-c1oc2ccccc2c(=O)c1I. The van der Waals surface area contributed by atoms with Crippen molar-refractivity contribution in [3.63, 3.8) is 0 Å². The highest BCUT2D eigenvalue weighted by atomic mass is 127. The van der Waals surface area contributed by atoms with Crippen LogP contribution in [-0.2, 0) is 0 Å². The molecule has 0 aliphatic carbocycles. The Morgan fingerprint density at radius 3 is 2.55 bits per heavy atom. The molecule has 3 aromatic rings. The number of hydrogen-bond donors (Lipinski definition) is 0. The number of ether oxygens (including phenoxy) is 1. The lowest BCUT2D eigenvalue weighted by Crippen LogP contribution is -2.07. The predicted molar refractivity (Wildman–Crippen MR) is 87.2 cm³/mol. The summed E-state index contributed by atoms with van der Waals surface area (Å²) in [5, 5.41) is 0.593. The minimum absolute atomic E-state index is 0.0200. The van der Waals surface area contributed by atoms with Gasteiger partial charge in [0.2, 0.25) is 5.43 Å². The summed E-state index contributed by atoms with van der Waals surface area (Å²) in [4.78, 5) is 12.4. The van der Waals surface area contributed by atoms with Crippen molar-refractivity contribution in [2.75, 3.05) is 7.11 Å². The molecule has 0 aliphatic rings. The maximum Gasteiger partial charge on any atom is 0.206 e. The van der Waals surface area contributed by atoms with Gasteiger partial charge in [0.1, 0.15) is 14.9 Å². The highest BCUT2D eigenvalue weighted by molar-refractivity contribution is 14.1. The van der Waals surface area contributed by atoms with Crippen molar-refractivity contribution in [2.45, 2.75) is 0 Å². The topological polar surface area (TPSA) is 39.4 Å². The molecule has 100 valence electrons. The van der Waals surface area contributed by atoms with Crippen LogP contribution in [0.15, 0.2) is 57.7 Å². The molecule has 3 nitrogen and oxygen atoms in total. The average molecular weight is 378 g/mol. The van der Waals surface area contributed by atoms with Gasteiger partial charge >= 0.3 is 0 Å². The van der Waals surface area contributed by atoms with Crippen LogP contribution in [0.5, 0.6) is 5.75 Å². The fraction of sp³-hybridized carbons (Fsp3) is 0.0625. The number of fused-ring (bicyclic) bond motifs is 1. The van der Waals surface area contributed by atoms with E-state index in [9.17, 15) is 4.79 Å². The monoisotopic (exact) mass is 378 g/mol. The number of halogens is 1. The molecule has 20 heavy (non-hydrogen) atoms. The Morgan fingerprint density at radius 1 is 1.05 bits per heavy atom. The third-order valence-corrected chi connectivity index (χ3v) is 4.07. The molecule has 0 fully saturated rings. The van der Waals surface area contributed by atoms with Gasteiger partial charge in [0.05, 0.1) is 18.1 Å². The maximum absolute atomic E-state index is 12.4. The van der Waals surface area contributed by atoms with E-state index in [1.54, 1.807) is 19.2 Å². The van der Waals surface area contributed by atoms with Crippen molar-refractivity contribution in [1.82, 2.24) is 0 Å². The average Bonchev–Trinajstić information content (AvgIpc) is 2.51. The largest absolute Gasteiger partial charge is 0.496 e. The van der Waals surface area contributed by atoms with Gasteiger partial charge in [0.15, 0.2) is 5.76 Å². The van der Waals surface area contributed by atoms with Gasteiger partial charge in [-0.05, 0) is 46.9 Å². The smallest absolute Gasteiger partial charge is 0.206 e. The van der Waals surface area contributed by atoms with E-state index in [-0.39, 0.29) is 5.43 Å². The van der Waals surface area contributed by atoms with E-state index < -0.39 is 0 Å². The van der Waals surface area contributed by atoms with Crippen LogP contribution in [0.4, 0.5) is 0 Å². The van der Waals surface area contributed by atoms with Crippen LogP contribution in [0.3, 0.4) is 0 Å². The first-order chi connectivity index (χ1) is 9.72. The summed E-state index contributed by atoms with van der Waals surface area (Å²) in [6.07, 6.45) is 0. The Morgan fingerprint density at radius 2 is 1.75 bits per heavy atom. The molecule has 0 bridgehead atoms. The van der Waals surface area contributed by atoms with Crippen LogP contribution in [-0.4, -0.2) is 7.11 Å². The summed E-state index contributed by atoms with van der Waals surface area (Å²) in [5.74, 6) is 1.23. The molecule has 3 rings (SSSR count). The standard InChI is InChI=1S/C16H11IO3/c1-19-12-8-4-3-7-11(12)16-14(17)15(18)10-6-2-5-9-13(10)20-16/h2-9H,1H3. The Hall–Kier alpha value is -1.82. The van der Waals surface area contributed by atoms with Gasteiger partial charge in [-0.2, -0.15) is 0 Å². The van der Waals surface area contributed by atoms with Crippen LogP contribution >= 0.6 is 22.6 Å². The van der Waals surface area contributed by atoms with Gasteiger partial charge in [-0.15, -0.1) is 0 Å². The van der Waals surface area contributed by atoms with Gasteiger partial charge in [-0.1, -0.05) is 24.3 Å². The third kappa shape index (κ3) is 2.10. The van der Waals surface area contributed by atoms with Gasteiger partial charge in [-0.3, -0.25) is 4.79 Å². The highest BCUT2D eigenvalue weighted by Gasteiger charge is 2.16. The fourth-order valence-corrected chi connectivity index (χ4v) is 2.82. The van der Waals surface area contributed by atoms with E-state index in [4.69, 9.17) is 9.15 Å². The first kappa shape index (κ1) is 13.2. The zero-order valence-corrected chi connectivity index (χ0v) is 12.9. The molecular formula is C16H11IO3. The third-order valence-electron chi connectivity index (χ3n) is 3.09. The Balaban J connectivity index is 2.37. The zero-order valence-electron chi connectivity index (χ0n) is 10.7. The zero-order chi connectivity index (χ0) is 14.1. The van der Waals surface area contributed by atoms with Crippen LogP contribution < -0.4 is 10.2 Å². The number of rotatable bonds is 2. The summed E-state index contributed by atoms with van der Waals surface area (Å²) in [5.41, 5.74) is 1.34. The quantitative estimate of drug-likeness (QED) is 0.631. The predicted octanol–water partition coefficient (Wildman–Crippen LogP) is 4.07. The second-order valence-electron chi connectivity index (χ2n) is 4.27. The minimum atomic E-state index is -0.0200. The number of benzene rings is 2. The summed E-state index contributed by atoms with van der Waals surface area (Å²) in [6, 6.07) is 14.8. The first-order valence-corrected chi connectivity index (χ1v) is 7.15. The van der Waals surface area contributed by atoms with Crippen molar-refractivity contribution in [1.29, 1.82) is 0 Å².